The molecular formula is C20H16O3S. The molecule has 0 aliphatic heterocycles. The lowest BCUT2D eigenvalue weighted by Crippen LogP contribution is -2.14. The van der Waals surface area contributed by atoms with Gasteiger partial charge in [-0.25, -0.2) is 8.42 Å². The maximum atomic E-state index is 12.2. The fourth-order valence-electron chi connectivity index (χ4n) is 2.53. The molecule has 0 saturated heterocycles. The smallest absolute Gasteiger partial charge is 0.185 e. The van der Waals surface area contributed by atoms with Gasteiger partial charge in [-0.05, 0) is 34.5 Å². The minimum atomic E-state index is -3.61. The van der Waals surface area contributed by atoms with Crippen molar-refractivity contribution >= 4 is 32.5 Å². The Morgan fingerprint density at radius 2 is 1.50 bits per heavy atom. The molecule has 4 heteroatoms. The van der Waals surface area contributed by atoms with Gasteiger partial charge >= 0.3 is 0 Å². The molecule has 0 radical (unpaired) electrons. The molecule has 0 aliphatic carbocycles. The number of fused-ring (bicyclic) bond motifs is 1. The second kappa shape index (κ2) is 6.81. The van der Waals surface area contributed by atoms with Gasteiger partial charge in [0.1, 0.15) is 5.75 Å². The highest BCUT2D eigenvalue weighted by molar-refractivity contribution is 7.92. The van der Waals surface area contributed by atoms with Crippen molar-refractivity contribution in [2.24, 2.45) is 0 Å². The predicted molar refractivity (Wildman–Crippen MR) is 96.5 cm³/mol. The van der Waals surface area contributed by atoms with Crippen LogP contribution in [0.5, 0.6) is 0 Å². The van der Waals surface area contributed by atoms with Crippen LogP contribution in [-0.2, 0) is 14.6 Å². The number of hydrogen-bond donors (Lipinski definition) is 0. The molecule has 0 atom stereocenters. The van der Waals surface area contributed by atoms with Crippen molar-refractivity contribution in [3.63, 3.8) is 0 Å². The minimum Gasteiger partial charge on any atom is -0.294 e. The normalized spacial score (nSPS) is 11.8. The van der Waals surface area contributed by atoms with Crippen LogP contribution in [0.2, 0.25) is 0 Å². The van der Waals surface area contributed by atoms with E-state index in [4.69, 9.17) is 0 Å². The maximum Gasteiger partial charge on any atom is 0.185 e. The van der Waals surface area contributed by atoms with Crippen LogP contribution < -0.4 is 0 Å². The molecule has 0 fully saturated rings. The summed E-state index contributed by atoms with van der Waals surface area (Å²) < 4.78 is 24.4. The highest BCUT2D eigenvalue weighted by Gasteiger charge is 2.17. The molecule has 0 spiro atoms. The molecule has 3 nitrogen and oxygen atoms in total. The molecule has 0 aromatic heterocycles. The van der Waals surface area contributed by atoms with Gasteiger partial charge in [0.25, 0.3) is 0 Å². The van der Waals surface area contributed by atoms with Crippen molar-refractivity contribution in [3.8, 4) is 0 Å². The van der Waals surface area contributed by atoms with Gasteiger partial charge in [0.2, 0.25) is 0 Å². The molecular weight excluding hydrogens is 320 g/mol. The fraction of sp³-hybridized carbons (Fsp3) is 0.0500. The SMILES string of the molecule is O=C(C=Cc1cccc2ccccc12)CS(=O)(=O)c1ccccc1. The lowest BCUT2D eigenvalue weighted by molar-refractivity contribution is -0.112. The van der Waals surface area contributed by atoms with E-state index in [-0.39, 0.29) is 4.90 Å². The summed E-state index contributed by atoms with van der Waals surface area (Å²) in [5.74, 6) is -0.968. The van der Waals surface area contributed by atoms with Crippen molar-refractivity contribution in [1.82, 2.24) is 0 Å². The van der Waals surface area contributed by atoms with Gasteiger partial charge in [0, 0.05) is 0 Å². The molecule has 0 N–H and O–H groups in total. The first-order valence-corrected chi connectivity index (χ1v) is 9.18. The van der Waals surface area contributed by atoms with Crippen molar-refractivity contribution in [1.29, 1.82) is 0 Å². The fourth-order valence-corrected chi connectivity index (χ4v) is 3.73. The Morgan fingerprint density at radius 3 is 2.29 bits per heavy atom. The molecule has 0 amide bonds. The van der Waals surface area contributed by atoms with Crippen LogP contribution in [0.4, 0.5) is 0 Å². The lowest BCUT2D eigenvalue weighted by atomic mass is 10.0. The Hall–Kier alpha value is -2.72. The third kappa shape index (κ3) is 3.60. The van der Waals surface area contributed by atoms with Gasteiger partial charge in [0.05, 0.1) is 4.90 Å². The van der Waals surface area contributed by atoms with E-state index in [1.54, 1.807) is 24.3 Å². The van der Waals surface area contributed by atoms with Gasteiger partial charge in [-0.3, -0.25) is 4.79 Å². The van der Waals surface area contributed by atoms with Crippen LogP contribution in [0.1, 0.15) is 5.56 Å². The summed E-state index contributed by atoms with van der Waals surface area (Å²) in [6.07, 6.45) is 3.01. The number of carbonyl (C=O) groups excluding carboxylic acids is 1. The monoisotopic (exact) mass is 336 g/mol. The minimum absolute atomic E-state index is 0.164. The standard InChI is InChI=1S/C20H16O3S/c21-18(15-24(22,23)19-10-2-1-3-11-19)14-13-17-9-6-8-16-7-4-5-12-20(16)17/h1-14H,15H2. The number of ketones is 1. The molecule has 0 unspecified atom stereocenters. The Kier molecular flexibility index (Phi) is 4.58. The highest BCUT2D eigenvalue weighted by atomic mass is 32.2. The van der Waals surface area contributed by atoms with E-state index < -0.39 is 21.4 Å². The van der Waals surface area contributed by atoms with Gasteiger partial charge in [-0.15, -0.1) is 0 Å². The molecule has 24 heavy (non-hydrogen) atoms. The molecule has 0 bridgehead atoms. The van der Waals surface area contributed by atoms with Crippen molar-refractivity contribution < 1.29 is 13.2 Å². The molecule has 3 aromatic rings. The summed E-state index contributed by atoms with van der Waals surface area (Å²) in [5, 5.41) is 2.10. The van der Waals surface area contributed by atoms with Crippen LogP contribution in [0.3, 0.4) is 0 Å². The number of benzene rings is 3. The summed E-state index contributed by atoms with van der Waals surface area (Å²) in [7, 11) is -3.61. The summed E-state index contributed by atoms with van der Waals surface area (Å²) in [6, 6.07) is 21.7. The topological polar surface area (TPSA) is 51.2 Å². The molecule has 0 saturated carbocycles. The number of allylic oxidation sites excluding steroid dienone is 1. The average molecular weight is 336 g/mol. The van der Waals surface area contributed by atoms with Crippen molar-refractivity contribution in [3.05, 3.63) is 84.4 Å². The first-order chi connectivity index (χ1) is 11.6. The zero-order valence-electron chi connectivity index (χ0n) is 12.9. The van der Waals surface area contributed by atoms with E-state index in [2.05, 4.69) is 0 Å². The van der Waals surface area contributed by atoms with Gasteiger partial charge in [0.15, 0.2) is 15.6 Å². The van der Waals surface area contributed by atoms with Crippen molar-refractivity contribution in [2.45, 2.75) is 4.90 Å². The van der Waals surface area contributed by atoms with E-state index in [1.807, 2.05) is 42.5 Å². The lowest BCUT2D eigenvalue weighted by Gasteiger charge is -2.03. The van der Waals surface area contributed by atoms with E-state index >= 15 is 0 Å². The molecule has 120 valence electrons. The molecule has 3 aromatic carbocycles. The molecule has 0 aliphatic rings. The first kappa shape index (κ1) is 16.1. The van der Waals surface area contributed by atoms with Gasteiger partial charge in [-0.1, -0.05) is 66.7 Å². The number of sulfone groups is 1. The average Bonchev–Trinajstić information content (AvgIpc) is 2.60. The number of hydrogen-bond acceptors (Lipinski definition) is 3. The predicted octanol–water partition coefficient (Wildman–Crippen LogP) is 3.90. The summed E-state index contributed by atoms with van der Waals surface area (Å²) in [5.41, 5.74) is 0.888. The Balaban J connectivity index is 1.81. The first-order valence-electron chi connectivity index (χ1n) is 7.53. The maximum absolute atomic E-state index is 12.2. The van der Waals surface area contributed by atoms with Crippen LogP contribution in [0.25, 0.3) is 16.8 Å². The third-order valence-electron chi connectivity index (χ3n) is 3.71. The number of rotatable bonds is 5. The van der Waals surface area contributed by atoms with Crippen molar-refractivity contribution in [2.75, 3.05) is 5.75 Å². The van der Waals surface area contributed by atoms with E-state index in [0.717, 1.165) is 16.3 Å². The van der Waals surface area contributed by atoms with Crippen LogP contribution >= 0.6 is 0 Å². The summed E-state index contributed by atoms with van der Waals surface area (Å²) >= 11 is 0. The second-order valence-corrected chi connectivity index (χ2v) is 7.43. The highest BCUT2D eigenvalue weighted by Crippen LogP contribution is 2.19. The van der Waals surface area contributed by atoms with Gasteiger partial charge < -0.3 is 0 Å². The summed E-state index contributed by atoms with van der Waals surface area (Å²) in [6.45, 7) is 0. The van der Waals surface area contributed by atoms with E-state index in [9.17, 15) is 13.2 Å². The largest absolute Gasteiger partial charge is 0.294 e. The van der Waals surface area contributed by atoms with E-state index in [1.165, 1.54) is 18.2 Å². The third-order valence-corrected chi connectivity index (χ3v) is 5.36. The zero-order chi connectivity index (χ0) is 17.0. The quantitative estimate of drug-likeness (QED) is 0.664. The second-order valence-electron chi connectivity index (χ2n) is 5.44. The Labute approximate surface area is 141 Å². The zero-order valence-corrected chi connectivity index (χ0v) is 13.7. The summed E-state index contributed by atoms with van der Waals surface area (Å²) in [4.78, 5) is 12.2. The van der Waals surface area contributed by atoms with Crippen LogP contribution in [0, 0.1) is 0 Å². The van der Waals surface area contributed by atoms with Crippen LogP contribution in [-0.4, -0.2) is 20.0 Å². The Morgan fingerprint density at radius 1 is 0.833 bits per heavy atom. The molecule has 3 rings (SSSR count). The van der Waals surface area contributed by atoms with Crippen LogP contribution in [0.15, 0.2) is 83.8 Å². The van der Waals surface area contributed by atoms with E-state index in [0.29, 0.717) is 0 Å². The van der Waals surface area contributed by atoms with Gasteiger partial charge in [-0.2, -0.15) is 0 Å². The number of carbonyl (C=O) groups is 1. The molecule has 0 heterocycles. The Bertz CT molecular complexity index is 998.